The smallest absolute Gasteiger partial charge is 0.150 e. The number of rotatable bonds is 5. The fourth-order valence-electron chi connectivity index (χ4n) is 2.69. The van der Waals surface area contributed by atoms with Gasteiger partial charge in [-0.05, 0) is 37.1 Å². The molecule has 4 nitrogen and oxygen atoms in total. The molecule has 0 bridgehead atoms. The Hall–Kier alpha value is -1.81. The third kappa shape index (κ3) is 3.27. The van der Waals surface area contributed by atoms with Gasteiger partial charge in [0.1, 0.15) is 18.6 Å². The molecule has 1 fully saturated rings. The van der Waals surface area contributed by atoms with Crippen LogP contribution in [0.15, 0.2) is 30.5 Å². The van der Waals surface area contributed by atoms with E-state index in [-0.39, 0.29) is 0 Å². The van der Waals surface area contributed by atoms with Gasteiger partial charge in [0.05, 0.1) is 16.8 Å². The maximum absolute atomic E-state index is 10.7. The van der Waals surface area contributed by atoms with Crippen LogP contribution >= 0.6 is 11.6 Å². The Kier molecular flexibility index (Phi) is 4.25. The van der Waals surface area contributed by atoms with Crippen LogP contribution in [0.4, 0.5) is 0 Å². The Morgan fingerprint density at radius 3 is 2.86 bits per heavy atom. The van der Waals surface area contributed by atoms with E-state index >= 15 is 0 Å². The third-order valence-electron chi connectivity index (χ3n) is 3.83. The molecule has 0 aliphatic heterocycles. The monoisotopic (exact) mass is 304 g/mol. The van der Waals surface area contributed by atoms with Gasteiger partial charge in [-0.25, -0.2) is 0 Å². The molecule has 1 aliphatic rings. The van der Waals surface area contributed by atoms with Gasteiger partial charge < -0.3 is 4.74 Å². The zero-order valence-corrected chi connectivity index (χ0v) is 12.4. The second-order valence-electron chi connectivity index (χ2n) is 5.32. The quantitative estimate of drug-likeness (QED) is 0.783. The average Bonchev–Trinajstić information content (AvgIpc) is 3.16. The van der Waals surface area contributed by atoms with Crippen molar-refractivity contribution in [1.29, 1.82) is 0 Å². The number of aromatic nitrogens is 2. The zero-order valence-electron chi connectivity index (χ0n) is 11.7. The number of ether oxygens (including phenoxy) is 1. The highest BCUT2D eigenvalue weighted by molar-refractivity contribution is 6.32. The van der Waals surface area contributed by atoms with Crippen LogP contribution < -0.4 is 4.74 Å². The SMILES string of the molecule is O=Cc1ccc(OCc2ccn(C3CCCC3)n2)c(Cl)c1. The van der Waals surface area contributed by atoms with Crippen LogP contribution in [0.1, 0.15) is 47.8 Å². The van der Waals surface area contributed by atoms with Crippen LogP contribution in [0.3, 0.4) is 0 Å². The number of hydrogen-bond donors (Lipinski definition) is 0. The van der Waals surface area contributed by atoms with Crippen molar-refractivity contribution in [3.05, 3.63) is 46.7 Å². The summed E-state index contributed by atoms with van der Waals surface area (Å²) in [6, 6.07) is 7.51. The topological polar surface area (TPSA) is 44.1 Å². The van der Waals surface area contributed by atoms with Crippen LogP contribution in [0.5, 0.6) is 5.75 Å². The maximum Gasteiger partial charge on any atom is 0.150 e. The van der Waals surface area contributed by atoms with Gasteiger partial charge >= 0.3 is 0 Å². The number of carbonyl (C=O) groups is 1. The van der Waals surface area contributed by atoms with Gasteiger partial charge in [-0.2, -0.15) is 5.10 Å². The van der Waals surface area contributed by atoms with Crippen LogP contribution in [-0.4, -0.2) is 16.1 Å². The van der Waals surface area contributed by atoms with Crippen molar-refractivity contribution in [2.45, 2.75) is 38.3 Å². The normalized spacial score (nSPS) is 15.3. The Labute approximate surface area is 128 Å². The fourth-order valence-corrected chi connectivity index (χ4v) is 2.93. The van der Waals surface area contributed by atoms with Crippen LogP contribution in [0, 0.1) is 0 Å². The second kappa shape index (κ2) is 6.31. The molecule has 0 unspecified atom stereocenters. The molecular formula is C16H17ClN2O2. The first-order valence-electron chi connectivity index (χ1n) is 7.18. The number of carbonyl (C=O) groups excluding carboxylic acids is 1. The lowest BCUT2D eigenvalue weighted by atomic mass is 10.2. The minimum absolute atomic E-state index is 0.375. The molecule has 1 heterocycles. The first kappa shape index (κ1) is 14.1. The van der Waals surface area contributed by atoms with Crippen molar-refractivity contribution >= 4 is 17.9 Å². The first-order valence-corrected chi connectivity index (χ1v) is 7.55. The molecule has 1 aromatic carbocycles. The number of benzene rings is 1. The van der Waals surface area contributed by atoms with Gasteiger partial charge in [0.2, 0.25) is 0 Å². The highest BCUT2D eigenvalue weighted by Gasteiger charge is 2.17. The van der Waals surface area contributed by atoms with E-state index in [2.05, 4.69) is 5.10 Å². The molecule has 5 heteroatoms. The lowest BCUT2D eigenvalue weighted by Gasteiger charge is -2.09. The number of aldehydes is 1. The summed E-state index contributed by atoms with van der Waals surface area (Å²) in [6.07, 6.45) is 7.77. The molecule has 21 heavy (non-hydrogen) atoms. The largest absolute Gasteiger partial charge is 0.486 e. The molecule has 0 N–H and O–H groups in total. The summed E-state index contributed by atoms with van der Waals surface area (Å²) in [5.41, 5.74) is 1.43. The lowest BCUT2D eigenvalue weighted by Crippen LogP contribution is -2.06. The predicted molar refractivity (Wildman–Crippen MR) is 80.9 cm³/mol. The van der Waals surface area contributed by atoms with Crippen LogP contribution in [0.2, 0.25) is 5.02 Å². The van der Waals surface area contributed by atoms with Gasteiger partial charge in [-0.3, -0.25) is 9.48 Å². The summed E-state index contributed by atoms with van der Waals surface area (Å²) in [5.74, 6) is 0.567. The average molecular weight is 305 g/mol. The van der Waals surface area contributed by atoms with Crippen LogP contribution in [0.25, 0.3) is 0 Å². The second-order valence-corrected chi connectivity index (χ2v) is 5.73. The number of halogens is 1. The van der Waals surface area contributed by atoms with Crippen molar-refractivity contribution < 1.29 is 9.53 Å². The minimum atomic E-state index is 0.375. The maximum atomic E-state index is 10.7. The van der Waals surface area contributed by atoms with Crippen molar-refractivity contribution in [1.82, 2.24) is 9.78 Å². The molecule has 1 aliphatic carbocycles. The van der Waals surface area contributed by atoms with Gasteiger partial charge in [-0.15, -0.1) is 0 Å². The summed E-state index contributed by atoms with van der Waals surface area (Å²) in [6.45, 7) is 0.375. The lowest BCUT2D eigenvalue weighted by molar-refractivity contribution is 0.112. The first-order chi connectivity index (χ1) is 10.3. The molecule has 0 amide bonds. The van der Waals surface area contributed by atoms with E-state index in [1.165, 1.54) is 25.7 Å². The molecular weight excluding hydrogens is 288 g/mol. The van der Waals surface area contributed by atoms with Crippen LogP contribution in [-0.2, 0) is 6.61 Å². The van der Waals surface area contributed by atoms with E-state index in [1.807, 2.05) is 16.9 Å². The van der Waals surface area contributed by atoms with E-state index in [0.717, 1.165) is 12.0 Å². The van der Waals surface area contributed by atoms with E-state index in [9.17, 15) is 4.79 Å². The highest BCUT2D eigenvalue weighted by atomic mass is 35.5. The number of nitrogens with zero attached hydrogens (tertiary/aromatic N) is 2. The molecule has 0 spiro atoms. The van der Waals surface area contributed by atoms with E-state index in [1.54, 1.807) is 18.2 Å². The van der Waals surface area contributed by atoms with Crippen molar-refractivity contribution in [3.8, 4) is 5.75 Å². The van der Waals surface area contributed by atoms with E-state index in [4.69, 9.17) is 16.3 Å². The molecule has 1 aromatic heterocycles. The van der Waals surface area contributed by atoms with Crippen molar-refractivity contribution in [2.75, 3.05) is 0 Å². The van der Waals surface area contributed by atoms with E-state index < -0.39 is 0 Å². The third-order valence-corrected chi connectivity index (χ3v) is 4.13. The Balaban J connectivity index is 1.63. The Morgan fingerprint density at radius 2 is 2.14 bits per heavy atom. The molecule has 1 saturated carbocycles. The van der Waals surface area contributed by atoms with Gasteiger partial charge in [0.25, 0.3) is 0 Å². The summed E-state index contributed by atoms with van der Waals surface area (Å²) in [4.78, 5) is 10.7. The summed E-state index contributed by atoms with van der Waals surface area (Å²) < 4.78 is 7.72. The molecule has 110 valence electrons. The minimum Gasteiger partial charge on any atom is -0.486 e. The summed E-state index contributed by atoms with van der Waals surface area (Å²) in [7, 11) is 0. The molecule has 2 aromatic rings. The Bertz CT molecular complexity index is 633. The molecule has 0 saturated heterocycles. The standard InChI is InChI=1S/C16H17ClN2O2/c17-15-9-12(10-20)5-6-16(15)21-11-13-7-8-19(18-13)14-3-1-2-4-14/h5-10,14H,1-4,11H2. The summed E-state index contributed by atoms with van der Waals surface area (Å²) >= 11 is 6.07. The molecule has 0 radical (unpaired) electrons. The fraction of sp³-hybridized carbons (Fsp3) is 0.375. The van der Waals surface area contributed by atoms with Crippen molar-refractivity contribution in [3.63, 3.8) is 0 Å². The predicted octanol–water partition coefficient (Wildman–Crippen LogP) is 4.04. The molecule has 3 rings (SSSR count). The highest BCUT2D eigenvalue weighted by Crippen LogP contribution is 2.29. The van der Waals surface area contributed by atoms with Crippen molar-refractivity contribution in [2.24, 2.45) is 0 Å². The van der Waals surface area contributed by atoms with Gasteiger partial charge in [0.15, 0.2) is 0 Å². The Morgan fingerprint density at radius 1 is 1.33 bits per heavy atom. The van der Waals surface area contributed by atoms with Gasteiger partial charge in [-0.1, -0.05) is 24.4 Å². The number of hydrogen-bond acceptors (Lipinski definition) is 3. The molecule has 0 atom stereocenters. The van der Waals surface area contributed by atoms with E-state index in [0.29, 0.717) is 29.0 Å². The zero-order chi connectivity index (χ0) is 14.7. The van der Waals surface area contributed by atoms with Gasteiger partial charge in [0, 0.05) is 11.8 Å². The summed E-state index contributed by atoms with van der Waals surface area (Å²) in [5, 5.41) is 5.00.